The van der Waals surface area contributed by atoms with E-state index in [2.05, 4.69) is 23.1 Å². The Kier molecular flexibility index (Phi) is 1.60. The quantitative estimate of drug-likeness (QED) is 0.211. The van der Waals surface area contributed by atoms with Gasteiger partial charge in [-0.3, -0.25) is 10.2 Å². The maximum atomic E-state index is 10.6. The molecule has 6 heteroatoms. The van der Waals surface area contributed by atoms with Crippen LogP contribution in [0, 0.1) is 0 Å². The Morgan fingerprint density at radius 2 is 2.44 bits per heavy atom. The van der Waals surface area contributed by atoms with Gasteiger partial charge < -0.3 is 0 Å². The highest BCUT2D eigenvalue weighted by atomic mass is 32.1. The van der Waals surface area contributed by atoms with Gasteiger partial charge in [0.1, 0.15) is 0 Å². The molecule has 1 heterocycles. The van der Waals surface area contributed by atoms with E-state index < -0.39 is 0 Å². The summed E-state index contributed by atoms with van der Waals surface area (Å²) < 4.78 is 0. The van der Waals surface area contributed by atoms with Gasteiger partial charge in [-0.25, -0.2) is 16.3 Å². The number of carbonyl (C=O) groups excluding carboxylic acids is 1. The molecule has 0 unspecified atom stereocenters. The zero-order valence-electron chi connectivity index (χ0n) is 4.55. The molecule has 0 aromatic heterocycles. The van der Waals surface area contributed by atoms with E-state index in [1.165, 1.54) is 0 Å². The number of amides is 1. The van der Waals surface area contributed by atoms with Crippen molar-refractivity contribution in [2.45, 2.75) is 0 Å². The lowest BCUT2D eigenvalue weighted by Crippen LogP contribution is -2.61. The fourth-order valence-electron chi connectivity index (χ4n) is 0.454. The summed E-state index contributed by atoms with van der Waals surface area (Å²) in [5.41, 5.74) is 5.08. The highest BCUT2D eigenvalue weighted by Gasteiger charge is 2.17. The predicted molar refractivity (Wildman–Crippen MR) is 34.8 cm³/mol. The van der Waals surface area contributed by atoms with E-state index >= 15 is 0 Å². The molecule has 9 heavy (non-hydrogen) atoms. The topological polar surface area (TPSA) is 70.4 Å². The van der Waals surface area contributed by atoms with E-state index in [-0.39, 0.29) is 17.6 Å². The minimum Gasteiger partial charge on any atom is -0.296 e. The molecule has 1 amide bonds. The Hall–Kier alpha value is -0.720. The molecule has 0 bridgehead atoms. The number of hydrazine groups is 2. The lowest BCUT2D eigenvalue weighted by atomic mass is 10.5. The summed E-state index contributed by atoms with van der Waals surface area (Å²) in [4.78, 5) is 10.6. The average molecular weight is 146 g/mol. The van der Waals surface area contributed by atoms with E-state index in [1.54, 1.807) is 0 Å². The van der Waals surface area contributed by atoms with Crippen LogP contribution in [0.5, 0.6) is 0 Å². The van der Waals surface area contributed by atoms with E-state index in [9.17, 15) is 4.79 Å². The Balaban J connectivity index is 2.62. The van der Waals surface area contributed by atoms with Gasteiger partial charge in [0.25, 0.3) is 5.91 Å². The van der Waals surface area contributed by atoms with Crippen molar-refractivity contribution in [2.75, 3.05) is 6.54 Å². The van der Waals surface area contributed by atoms with Gasteiger partial charge in [-0.05, 0) is 12.2 Å². The van der Waals surface area contributed by atoms with E-state index in [1.807, 2.05) is 0 Å². The zero-order valence-corrected chi connectivity index (χ0v) is 5.36. The molecule has 1 aliphatic rings. The van der Waals surface area contributed by atoms with Crippen LogP contribution in [-0.4, -0.2) is 22.6 Å². The molecule has 0 spiro atoms. The second-order valence-corrected chi connectivity index (χ2v) is 1.93. The second-order valence-electron chi connectivity index (χ2n) is 1.55. The molecule has 1 aliphatic heterocycles. The third-order valence-corrected chi connectivity index (χ3v) is 1.22. The molecule has 0 aromatic rings. The smallest absolute Gasteiger partial charge is 0.258 e. The van der Waals surface area contributed by atoms with Crippen molar-refractivity contribution in [2.24, 2.45) is 5.84 Å². The monoisotopic (exact) mass is 146 g/mol. The fourth-order valence-corrected chi connectivity index (χ4v) is 0.628. The van der Waals surface area contributed by atoms with Gasteiger partial charge in [0.05, 0.1) is 6.54 Å². The van der Waals surface area contributed by atoms with Crippen LogP contribution >= 0.6 is 12.2 Å². The predicted octanol–water partition coefficient (Wildman–Crippen LogP) is -1.92. The number of nitrogens with zero attached hydrogens (tertiary/aromatic N) is 1. The highest BCUT2D eigenvalue weighted by Crippen LogP contribution is 1.84. The van der Waals surface area contributed by atoms with Crippen molar-refractivity contribution < 1.29 is 4.79 Å². The van der Waals surface area contributed by atoms with Crippen LogP contribution in [0.3, 0.4) is 0 Å². The second kappa shape index (κ2) is 2.26. The number of nitrogens with one attached hydrogen (secondary N) is 2. The van der Waals surface area contributed by atoms with Gasteiger partial charge in [-0.2, -0.15) is 0 Å². The van der Waals surface area contributed by atoms with Crippen LogP contribution in [0.4, 0.5) is 0 Å². The number of rotatable bonds is 0. The van der Waals surface area contributed by atoms with Crippen molar-refractivity contribution in [1.29, 1.82) is 0 Å². The summed E-state index contributed by atoms with van der Waals surface area (Å²) in [7, 11) is 0. The van der Waals surface area contributed by atoms with Gasteiger partial charge in [-0.1, -0.05) is 0 Å². The first-order valence-corrected chi connectivity index (χ1v) is 2.73. The highest BCUT2D eigenvalue weighted by molar-refractivity contribution is 7.80. The molecule has 5 nitrogen and oxygen atoms in total. The maximum absolute atomic E-state index is 10.6. The standard InChI is InChI=1S/C3H6N4OS/c4-7-2(8)1-5-6-3(7)9/h5H,1,4H2,(H,6,9). The summed E-state index contributed by atoms with van der Waals surface area (Å²) in [6.45, 7) is 0.177. The first-order valence-electron chi connectivity index (χ1n) is 2.32. The number of carbonyl (C=O) groups is 1. The number of hydrogen-bond acceptors (Lipinski definition) is 4. The third kappa shape index (κ3) is 1.15. The summed E-state index contributed by atoms with van der Waals surface area (Å²) in [6.07, 6.45) is 0. The molecular weight excluding hydrogens is 140 g/mol. The Bertz CT molecular complexity index is 142. The molecule has 0 atom stereocenters. The molecule has 0 radical (unpaired) electrons. The number of thiocarbonyl (C=S) groups is 1. The summed E-state index contributed by atoms with van der Waals surface area (Å²) in [5.74, 6) is 4.92. The lowest BCUT2D eigenvalue weighted by Gasteiger charge is -2.23. The van der Waals surface area contributed by atoms with Crippen molar-refractivity contribution in [3.05, 3.63) is 0 Å². The van der Waals surface area contributed by atoms with E-state index in [4.69, 9.17) is 5.84 Å². The van der Waals surface area contributed by atoms with Gasteiger partial charge in [0.2, 0.25) is 5.11 Å². The molecule has 1 rings (SSSR count). The molecule has 4 N–H and O–H groups in total. The van der Waals surface area contributed by atoms with Crippen molar-refractivity contribution in [1.82, 2.24) is 15.9 Å². The van der Waals surface area contributed by atoms with Crippen LogP contribution in [-0.2, 0) is 4.79 Å². The Morgan fingerprint density at radius 1 is 1.78 bits per heavy atom. The van der Waals surface area contributed by atoms with Gasteiger partial charge >= 0.3 is 0 Å². The normalized spacial score (nSPS) is 19.9. The number of hydrogen-bond donors (Lipinski definition) is 3. The largest absolute Gasteiger partial charge is 0.296 e. The maximum Gasteiger partial charge on any atom is 0.258 e. The van der Waals surface area contributed by atoms with Crippen LogP contribution in [0.2, 0.25) is 0 Å². The van der Waals surface area contributed by atoms with Gasteiger partial charge in [0, 0.05) is 0 Å². The van der Waals surface area contributed by atoms with Gasteiger partial charge in [0.15, 0.2) is 0 Å². The minimum absolute atomic E-state index is 0.177. The van der Waals surface area contributed by atoms with Crippen LogP contribution in [0.1, 0.15) is 0 Å². The molecule has 0 saturated carbocycles. The summed E-state index contributed by atoms with van der Waals surface area (Å²) in [5, 5.41) is 1.09. The molecule has 1 saturated heterocycles. The third-order valence-electron chi connectivity index (χ3n) is 0.922. The van der Waals surface area contributed by atoms with Crippen molar-refractivity contribution >= 4 is 23.2 Å². The fraction of sp³-hybridized carbons (Fsp3) is 0.333. The van der Waals surface area contributed by atoms with Gasteiger partial charge in [-0.15, -0.1) is 0 Å². The van der Waals surface area contributed by atoms with Crippen LogP contribution in [0.25, 0.3) is 0 Å². The summed E-state index contributed by atoms with van der Waals surface area (Å²) >= 11 is 4.61. The van der Waals surface area contributed by atoms with E-state index in [0.29, 0.717) is 0 Å². The first-order chi connectivity index (χ1) is 4.22. The van der Waals surface area contributed by atoms with Crippen molar-refractivity contribution in [3.63, 3.8) is 0 Å². The molecule has 50 valence electrons. The summed E-state index contributed by atoms with van der Waals surface area (Å²) in [6, 6.07) is 0. The van der Waals surface area contributed by atoms with Crippen molar-refractivity contribution in [3.8, 4) is 0 Å². The van der Waals surface area contributed by atoms with E-state index in [0.717, 1.165) is 5.01 Å². The SMILES string of the molecule is NN1C(=O)CNNC1=S. The molecule has 0 aliphatic carbocycles. The van der Waals surface area contributed by atoms with Crippen LogP contribution in [0.15, 0.2) is 0 Å². The molecule has 1 fully saturated rings. The zero-order chi connectivity index (χ0) is 6.85. The Morgan fingerprint density at radius 3 is 2.89 bits per heavy atom. The Labute approximate surface area is 57.1 Å². The number of nitrogens with two attached hydrogens (primary N) is 1. The molecule has 0 aromatic carbocycles. The van der Waals surface area contributed by atoms with Crippen LogP contribution < -0.4 is 16.7 Å². The minimum atomic E-state index is -0.237. The lowest BCUT2D eigenvalue weighted by molar-refractivity contribution is -0.127. The molecular formula is C3H6N4OS. The first kappa shape index (κ1) is 6.40. The average Bonchev–Trinajstić information content (AvgIpc) is 1.83.